The maximum absolute atomic E-state index is 6.26. The zero-order valence-electron chi connectivity index (χ0n) is 7.21. The van der Waals surface area contributed by atoms with Gasteiger partial charge in [0.25, 0.3) is 0 Å². The molecule has 0 rings (SSSR count). The summed E-state index contributed by atoms with van der Waals surface area (Å²) in [6.45, 7) is 10.1. The standard InChI is InChI=1S/C9H17Cl/c1-5-7-9(10,6-2)8(3)4/h3,5-7H2,1-2,4H3. The van der Waals surface area contributed by atoms with Gasteiger partial charge in [0, 0.05) is 0 Å². The Morgan fingerprint density at radius 3 is 2.10 bits per heavy atom. The average molecular weight is 161 g/mol. The van der Waals surface area contributed by atoms with Crippen LogP contribution in [0.25, 0.3) is 0 Å². The molecule has 0 aromatic heterocycles. The Labute approximate surface area is 69.3 Å². The number of halogens is 1. The van der Waals surface area contributed by atoms with Crippen LogP contribution in [0.2, 0.25) is 0 Å². The number of hydrogen-bond acceptors (Lipinski definition) is 0. The molecule has 0 aromatic carbocycles. The molecule has 0 saturated heterocycles. The highest BCUT2D eigenvalue weighted by Crippen LogP contribution is 2.32. The van der Waals surface area contributed by atoms with E-state index in [1.807, 2.05) is 6.92 Å². The SMILES string of the molecule is C=C(C)C(Cl)(CC)CCC. The van der Waals surface area contributed by atoms with Gasteiger partial charge in [0.15, 0.2) is 0 Å². The molecule has 0 nitrogen and oxygen atoms in total. The lowest BCUT2D eigenvalue weighted by molar-refractivity contribution is 0.573. The summed E-state index contributed by atoms with van der Waals surface area (Å²) >= 11 is 6.26. The van der Waals surface area contributed by atoms with Gasteiger partial charge in [-0.2, -0.15) is 0 Å². The van der Waals surface area contributed by atoms with E-state index in [0.717, 1.165) is 24.8 Å². The minimum absolute atomic E-state index is 0.130. The summed E-state index contributed by atoms with van der Waals surface area (Å²) in [4.78, 5) is -0.130. The van der Waals surface area contributed by atoms with Gasteiger partial charge in [-0.3, -0.25) is 0 Å². The fourth-order valence-electron chi connectivity index (χ4n) is 1.09. The Morgan fingerprint density at radius 2 is 2.00 bits per heavy atom. The third kappa shape index (κ3) is 2.34. The largest absolute Gasteiger partial charge is 0.115 e. The second-order valence-corrected chi connectivity index (χ2v) is 3.57. The Balaban J connectivity index is 4.08. The zero-order valence-corrected chi connectivity index (χ0v) is 7.96. The van der Waals surface area contributed by atoms with Gasteiger partial charge in [0.1, 0.15) is 0 Å². The van der Waals surface area contributed by atoms with Crippen LogP contribution < -0.4 is 0 Å². The molecular weight excluding hydrogens is 144 g/mol. The summed E-state index contributed by atoms with van der Waals surface area (Å²) in [7, 11) is 0. The summed E-state index contributed by atoms with van der Waals surface area (Å²) < 4.78 is 0. The molecule has 0 saturated carbocycles. The first-order chi connectivity index (χ1) is 4.56. The fourth-order valence-corrected chi connectivity index (χ4v) is 1.28. The second-order valence-electron chi connectivity index (χ2n) is 2.85. The van der Waals surface area contributed by atoms with Crippen molar-refractivity contribution in [3.8, 4) is 0 Å². The summed E-state index contributed by atoms with van der Waals surface area (Å²) in [6, 6.07) is 0. The smallest absolute Gasteiger partial charge is 0.0647 e. The summed E-state index contributed by atoms with van der Waals surface area (Å²) in [5, 5.41) is 0. The monoisotopic (exact) mass is 160 g/mol. The lowest BCUT2D eigenvalue weighted by atomic mass is 9.93. The van der Waals surface area contributed by atoms with Gasteiger partial charge in [0.05, 0.1) is 4.87 Å². The maximum atomic E-state index is 6.26. The first-order valence-electron chi connectivity index (χ1n) is 3.91. The third-order valence-electron chi connectivity index (χ3n) is 1.97. The van der Waals surface area contributed by atoms with Crippen molar-refractivity contribution in [1.29, 1.82) is 0 Å². The molecule has 0 heterocycles. The Hall–Kier alpha value is 0.0300. The molecule has 0 spiro atoms. The molecule has 0 aromatic rings. The highest BCUT2D eigenvalue weighted by atomic mass is 35.5. The topological polar surface area (TPSA) is 0 Å². The molecule has 0 bridgehead atoms. The van der Waals surface area contributed by atoms with Crippen molar-refractivity contribution in [3.05, 3.63) is 12.2 Å². The Morgan fingerprint density at radius 1 is 1.50 bits per heavy atom. The molecule has 0 aliphatic rings. The molecule has 60 valence electrons. The van der Waals surface area contributed by atoms with Crippen molar-refractivity contribution in [3.63, 3.8) is 0 Å². The van der Waals surface area contributed by atoms with Crippen molar-refractivity contribution in [1.82, 2.24) is 0 Å². The van der Waals surface area contributed by atoms with Gasteiger partial charge < -0.3 is 0 Å². The number of allylic oxidation sites excluding steroid dienone is 1. The fraction of sp³-hybridized carbons (Fsp3) is 0.778. The van der Waals surface area contributed by atoms with E-state index in [9.17, 15) is 0 Å². The first kappa shape index (κ1) is 10.0. The molecule has 0 fully saturated rings. The number of alkyl halides is 1. The maximum Gasteiger partial charge on any atom is 0.0647 e. The van der Waals surface area contributed by atoms with Gasteiger partial charge >= 0.3 is 0 Å². The Bertz CT molecular complexity index is 118. The van der Waals surface area contributed by atoms with Gasteiger partial charge in [-0.05, 0) is 19.8 Å². The molecule has 0 aliphatic heterocycles. The van der Waals surface area contributed by atoms with Crippen LogP contribution in [-0.4, -0.2) is 4.87 Å². The minimum Gasteiger partial charge on any atom is -0.115 e. The molecule has 1 unspecified atom stereocenters. The quantitative estimate of drug-likeness (QED) is 0.434. The molecule has 0 aliphatic carbocycles. The van der Waals surface area contributed by atoms with Crippen LogP contribution in [0.1, 0.15) is 40.0 Å². The van der Waals surface area contributed by atoms with E-state index in [0.29, 0.717) is 0 Å². The summed E-state index contributed by atoms with van der Waals surface area (Å²) in [6.07, 6.45) is 3.16. The van der Waals surface area contributed by atoms with Crippen molar-refractivity contribution in [2.45, 2.75) is 44.9 Å². The molecule has 1 atom stereocenters. The van der Waals surface area contributed by atoms with E-state index in [2.05, 4.69) is 20.4 Å². The van der Waals surface area contributed by atoms with Crippen molar-refractivity contribution in [2.75, 3.05) is 0 Å². The van der Waals surface area contributed by atoms with Crippen LogP contribution in [-0.2, 0) is 0 Å². The second kappa shape index (κ2) is 4.02. The molecule has 10 heavy (non-hydrogen) atoms. The lowest BCUT2D eigenvalue weighted by Gasteiger charge is -2.25. The first-order valence-corrected chi connectivity index (χ1v) is 4.29. The van der Waals surface area contributed by atoms with Crippen LogP contribution in [0.4, 0.5) is 0 Å². The van der Waals surface area contributed by atoms with E-state index in [4.69, 9.17) is 11.6 Å². The molecule has 1 heteroatoms. The van der Waals surface area contributed by atoms with Crippen molar-refractivity contribution in [2.24, 2.45) is 0 Å². The van der Waals surface area contributed by atoms with Crippen molar-refractivity contribution >= 4 is 11.6 Å². The molecule has 0 amide bonds. The van der Waals surface area contributed by atoms with Crippen LogP contribution in [0.15, 0.2) is 12.2 Å². The zero-order chi connectivity index (χ0) is 8.20. The van der Waals surface area contributed by atoms with E-state index in [1.54, 1.807) is 0 Å². The van der Waals surface area contributed by atoms with E-state index < -0.39 is 0 Å². The molecule has 0 radical (unpaired) electrons. The normalized spacial score (nSPS) is 16.4. The van der Waals surface area contributed by atoms with Gasteiger partial charge in [-0.1, -0.05) is 32.4 Å². The van der Waals surface area contributed by atoms with E-state index >= 15 is 0 Å². The van der Waals surface area contributed by atoms with Crippen LogP contribution in [0.5, 0.6) is 0 Å². The third-order valence-corrected chi connectivity index (χ3v) is 2.75. The van der Waals surface area contributed by atoms with Crippen LogP contribution in [0, 0.1) is 0 Å². The highest BCUT2D eigenvalue weighted by Gasteiger charge is 2.24. The highest BCUT2D eigenvalue weighted by molar-refractivity contribution is 6.25. The van der Waals surface area contributed by atoms with E-state index in [-0.39, 0.29) is 4.87 Å². The summed E-state index contributed by atoms with van der Waals surface area (Å²) in [5.74, 6) is 0. The van der Waals surface area contributed by atoms with Crippen molar-refractivity contribution < 1.29 is 0 Å². The molecular formula is C9H17Cl. The molecule has 0 N–H and O–H groups in total. The van der Waals surface area contributed by atoms with Gasteiger partial charge in [-0.25, -0.2) is 0 Å². The number of hydrogen-bond donors (Lipinski definition) is 0. The van der Waals surface area contributed by atoms with Crippen LogP contribution in [0.3, 0.4) is 0 Å². The number of rotatable bonds is 4. The lowest BCUT2D eigenvalue weighted by Crippen LogP contribution is -2.20. The van der Waals surface area contributed by atoms with Gasteiger partial charge in [-0.15, -0.1) is 11.6 Å². The average Bonchev–Trinajstić information content (AvgIpc) is 1.88. The van der Waals surface area contributed by atoms with E-state index in [1.165, 1.54) is 0 Å². The predicted molar refractivity (Wildman–Crippen MR) is 48.6 cm³/mol. The Kier molecular flexibility index (Phi) is 4.04. The van der Waals surface area contributed by atoms with Gasteiger partial charge in [0.2, 0.25) is 0 Å². The predicted octanol–water partition coefficient (Wildman–Crippen LogP) is 3.75. The van der Waals surface area contributed by atoms with Crippen LogP contribution >= 0.6 is 11.6 Å². The summed E-state index contributed by atoms with van der Waals surface area (Å²) in [5.41, 5.74) is 1.10. The minimum atomic E-state index is -0.130.